The van der Waals surface area contributed by atoms with Crippen LogP contribution in [0.3, 0.4) is 0 Å². The summed E-state index contributed by atoms with van der Waals surface area (Å²) in [6, 6.07) is 16.4. The average molecular weight is 655 g/mol. The summed E-state index contributed by atoms with van der Waals surface area (Å²) in [7, 11) is 0. The molecule has 2 aromatic carbocycles. The van der Waals surface area contributed by atoms with E-state index in [9.17, 15) is 14.4 Å². The van der Waals surface area contributed by atoms with Gasteiger partial charge in [-0.3, -0.25) is 4.79 Å². The van der Waals surface area contributed by atoms with Crippen molar-refractivity contribution in [3.8, 4) is 0 Å². The highest BCUT2D eigenvalue weighted by molar-refractivity contribution is 5.90. The second-order valence-electron chi connectivity index (χ2n) is 13.5. The predicted molar refractivity (Wildman–Crippen MR) is 169 cm³/mol. The number of carbonyl (C=O) groups is 3. The fourth-order valence-corrected chi connectivity index (χ4v) is 5.96. The second-order valence-corrected chi connectivity index (χ2v) is 13.5. The molecule has 5 rings (SSSR count). The van der Waals surface area contributed by atoms with Crippen molar-refractivity contribution in [2.24, 2.45) is 5.92 Å². The van der Waals surface area contributed by atoms with Gasteiger partial charge >= 0.3 is 12.1 Å². The van der Waals surface area contributed by atoms with Gasteiger partial charge in [0, 0.05) is 6.42 Å². The smallest absolute Gasteiger partial charge is 0.408 e. The maximum Gasteiger partial charge on any atom is 0.408 e. The molecule has 3 heterocycles. The third-order valence-corrected chi connectivity index (χ3v) is 8.09. The molecule has 12 heteroatoms. The van der Waals surface area contributed by atoms with Gasteiger partial charge in [-0.1, -0.05) is 74.5 Å². The van der Waals surface area contributed by atoms with Gasteiger partial charge in [-0.2, -0.15) is 0 Å². The molecule has 12 nitrogen and oxygen atoms in total. The van der Waals surface area contributed by atoms with Gasteiger partial charge in [0.05, 0.1) is 6.61 Å². The molecule has 3 aliphatic rings. The van der Waals surface area contributed by atoms with Crippen molar-refractivity contribution < 1.29 is 47.5 Å². The van der Waals surface area contributed by atoms with Crippen LogP contribution in [0.2, 0.25) is 0 Å². The molecular weight excluding hydrogens is 608 g/mol. The van der Waals surface area contributed by atoms with E-state index in [2.05, 4.69) is 10.6 Å². The third kappa shape index (κ3) is 9.29. The van der Waals surface area contributed by atoms with Crippen molar-refractivity contribution in [3.05, 3.63) is 71.8 Å². The number of alkyl carbamates (subject to hydrolysis) is 1. The number of rotatable bonds is 12. The van der Waals surface area contributed by atoms with Gasteiger partial charge in [-0.15, -0.1) is 0 Å². The Bertz CT molecular complexity index is 1370. The number of nitrogens with one attached hydrogen (secondary N) is 2. The maximum absolute atomic E-state index is 13.9. The van der Waals surface area contributed by atoms with Crippen molar-refractivity contribution in [2.45, 2.75) is 115 Å². The fourth-order valence-electron chi connectivity index (χ4n) is 5.96. The van der Waals surface area contributed by atoms with Crippen LogP contribution in [0, 0.1) is 5.92 Å². The van der Waals surface area contributed by atoms with E-state index in [4.69, 9.17) is 33.2 Å². The quantitative estimate of drug-likeness (QED) is 0.323. The zero-order chi connectivity index (χ0) is 33.8. The molecule has 0 unspecified atom stereocenters. The summed E-state index contributed by atoms with van der Waals surface area (Å²) < 4.78 is 41.5. The first-order valence-corrected chi connectivity index (χ1v) is 16.1. The van der Waals surface area contributed by atoms with E-state index < -0.39 is 72.3 Å². The Labute approximate surface area is 275 Å². The van der Waals surface area contributed by atoms with E-state index in [-0.39, 0.29) is 32.0 Å². The molecule has 0 bridgehead atoms. The SMILES string of the molecule is CC(C)C[C@@H](NC(=O)[C@@H](Cc1ccccc1)NC(=O)OCc1ccccc1)C(=O)O[C@@H]1[C@@H]2OC(C)(C)O[C@@H]2O[C@@H]1[C@H]1COC(C)(C)O1. The lowest BCUT2D eigenvalue weighted by Gasteiger charge is -2.30. The lowest BCUT2D eigenvalue weighted by molar-refractivity contribution is -0.235. The Morgan fingerprint density at radius 2 is 1.49 bits per heavy atom. The molecule has 256 valence electrons. The molecule has 2 aromatic rings. The largest absolute Gasteiger partial charge is 0.455 e. The van der Waals surface area contributed by atoms with Gasteiger partial charge in [0.1, 0.15) is 30.9 Å². The summed E-state index contributed by atoms with van der Waals surface area (Å²) in [5.41, 5.74) is 1.62. The van der Waals surface area contributed by atoms with Crippen molar-refractivity contribution in [2.75, 3.05) is 6.61 Å². The van der Waals surface area contributed by atoms with E-state index in [1.54, 1.807) is 27.7 Å². The lowest BCUT2D eigenvalue weighted by Crippen LogP contribution is -2.54. The number of amides is 2. The first-order chi connectivity index (χ1) is 22.3. The molecule has 2 amide bonds. The molecule has 0 saturated carbocycles. The molecule has 47 heavy (non-hydrogen) atoms. The monoisotopic (exact) mass is 654 g/mol. The van der Waals surface area contributed by atoms with E-state index in [0.29, 0.717) is 0 Å². The highest BCUT2D eigenvalue weighted by atomic mass is 16.8. The van der Waals surface area contributed by atoms with Crippen LogP contribution in [0.15, 0.2) is 60.7 Å². The van der Waals surface area contributed by atoms with Crippen LogP contribution < -0.4 is 10.6 Å². The molecule has 0 spiro atoms. The normalized spacial score (nSPS) is 27.1. The predicted octanol–water partition coefficient (Wildman–Crippen LogP) is 3.99. The van der Waals surface area contributed by atoms with Gasteiger partial charge < -0.3 is 43.8 Å². The van der Waals surface area contributed by atoms with Gasteiger partial charge in [0.15, 0.2) is 30.1 Å². The zero-order valence-corrected chi connectivity index (χ0v) is 27.8. The summed E-state index contributed by atoms with van der Waals surface area (Å²) in [4.78, 5) is 40.6. The average Bonchev–Trinajstić information content (AvgIpc) is 3.64. The lowest BCUT2D eigenvalue weighted by atomic mass is 10.0. The number of hydrogen-bond donors (Lipinski definition) is 2. The topological polar surface area (TPSA) is 140 Å². The summed E-state index contributed by atoms with van der Waals surface area (Å²) >= 11 is 0. The zero-order valence-electron chi connectivity index (χ0n) is 27.8. The van der Waals surface area contributed by atoms with Crippen molar-refractivity contribution in [1.29, 1.82) is 0 Å². The number of carbonyl (C=O) groups excluding carboxylic acids is 3. The Morgan fingerprint density at radius 1 is 0.830 bits per heavy atom. The van der Waals surface area contributed by atoms with E-state index in [1.807, 2.05) is 74.5 Å². The second kappa shape index (κ2) is 14.7. The molecule has 3 aliphatic heterocycles. The number of hydrogen-bond acceptors (Lipinski definition) is 10. The molecule has 3 fully saturated rings. The minimum Gasteiger partial charge on any atom is -0.455 e. The minimum atomic E-state index is -1.03. The van der Waals surface area contributed by atoms with Gasteiger partial charge in [0.25, 0.3) is 0 Å². The summed E-state index contributed by atoms with van der Waals surface area (Å²) in [6.45, 7) is 11.3. The van der Waals surface area contributed by atoms with Gasteiger partial charge in [0.2, 0.25) is 5.91 Å². The van der Waals surface area contributed by atoms with E-state index in [1.165, 1.54) is 0 Å². The van der Waals surface area contributed by atoms with Crippen LogP contribution in [0.5, 0.6) is 0 Å². The Morgan fingerprint density at radius 3 is 2.11 bits per heavy atom. The van der Waals surface area contributed by atoms with Gasteiger partial charge in [-0.05, 0) is 51.2 Å². The molecule has 0 aromatic heterocycles. The highest BCUT2D eigenvalue weighted by Gasteiger charge is 2.60. The summed E-state index contributed by atoms with van der Waals surface area (Å²) in [5.74, 6) is -2.99. The van der Waals surface area contributed by atoms with Crippen LogP contribution >= 0.6 is 0 Å². The molecule has 2 N–H and O–H groups in total. The van der Waals surface area contributed by atoms with E-state index >= 15 is 0 Å². The molecule has 3 saturated heterocycles. The van der Waals surface area contributed by atoms with Crippen molar-refractivity contribution in [1.82, 2.24) is 10.6 Å². The summed E-state index contributed by atoms with van der Waals surface area (Å²) in [5, 5.41) is 5.53. The van der Waals surface area contributed by atoms with Crippen LogP contribution in [-0.4, -0.2) is 78.9 Å². The Balaban J connectivity index is 1.30. The molecule has 0 aliphatic carbocycles. The van der Waals surface area contributed by atoms with Gasteiger partial charge in [-0.25, -0.2) is 9.59 Å². The standard InChI is InChI=1S/C35H46N2O10/c1-21(2)17-25(31(39)43-28-27(26-20-42-34(3,4)45-26)44-32-29(28)46-35(5,6)47-32)36-30(38)24(18-22-13-9-7-10-14-22)37-33(40)41-19-23-15-11-8-12-16-23/h7-16,21,24-29,32H,17-20H2,1-6H3,(H,36,38)(H,37,40)/t24-,25-,26-,27-,28+,29+,32+/m1/s1. The van der Waals surface area contributed by atoms with Crippen LogP contribution in [0.1, 0.15) is 59.1 Å². The molecular formula is C35H46N2O10. The number of fused-ring (bicyclic) bond motifs is 1. The maximum atomic E-state index is 13.9. The van der Waals surface area contributed by atoms with Crippen LogP contribution in [0.25, 0.3) is 0 Å². The van der Waals surface area contributed by atoms with Crippen molar-refractivity contribution in [3.63, 3.8) is 0 Å². The van der Waals surface area contributed by atoms with E-state index in [0.717, 1.165) is 11.1 Å². The van der Waals surface area contributed by atoms with Crippen LogP contribution in [0.4, 0.5) is 4.79 Å². The molecule has 7 atom stereocenters. The first-order valence-electron chi connectivity index (χ1n) is 16.1. The third-order valence-electron chi connectivity index (χ3n) is 8.09. The van der Waals surface area contributed by atoms with Crippen molar-refractivity contribution >= 4 is 18.0 Å². The van der Waals surface area contributed by atoms with Crippen LogP contribution in [-0.2, 0) is 55.8 Å². The number of esters is 1. The summed E-state index contributed by atoms with van der Waals surface area (Å²) in [6.07, 6.45) is -3.95. The number of benzene rings is 2. The fraction of sp³-hybridized carbons (Fsp3) is 0.571. The Kier molecular flexibility index (Phi) is 10.9. The highest BCUT2D eigenvalue weighted by Crippen LogP contribution is 2.42. The minimum absolute atomic E-state index is 0.0185. The Hall–Kier alpha value is -3.55. The molecule has 0 radical (unpaired) electrons. The first kappa shape index (κ1) is 34.8. The number of ether oxygens (including phenoxy) is 7.